The van der Waals surface area contributed by atoms with Crippen molar-refractivity contribution in [3.63, 3.8) is 0 Å². The van der Waals surface area contributed by atoms with Gasteiger partial charge in [0, 0.05) is 0 Å². The van der Waals surface area contributed by atoms with E-state index in [9.17, 15) is 30.3 Å². The maximum atomic E-state index is 12.7. The molecule has 232 valence electrons. The summed E-state index contributed by atoms with van der Waals surface area (Å²) in [6, 6.07) is 0. The van der Waals surface area contributed by atoms with Gasteiger partial charge in [-0.1, -0.05) is 39.3 Å². The van der Waals surface area contributed by atoms with E-state index in [1.54, 1.807) is 0 Å². The molecule has 1 aliphatic heterocycles. The summed E-state index contributed by atoms with van der Waals surface area (Å²) in [4.78, 5) is 12.7. The average Bonchev–Trinajstić information content (AvgIpc) is 2.93. The lowest BCUT2D eigenvalue weighted by Gasteiger charge is -2.60. The monoisotopic (exact) mass is 576 g/mol. The first-order valence-corrected chi connectivity index (χ1v) is 16.2. The first-order chi connectivity index (χ1) is 19.3. The van der Waals surface area contributed by atoms with Crippen molar-refractivity contribution in [3.05, 3.63) is 11.6 Å². The number of hydrogen-bond donors (Lipinski definition) is 5. The fourth-order valence-electron chi connectivity index (χ4n) is 10.7. The third kappa shape index (κ3) is 4.74. The molecule has 6 rings (SSSR count). The van der Waals surface area contributed by atoms with Crippen LogP contribution in [0.25, 0.3) is 0 Å². The molecule has 0 spiro atoms. The fourth-order valence-corrected chi connectivity index (χ4v) is 10.7. The number of aliphatic carboxylic acids is 1. The number of carbonyl (C=O) groups is 1. The van der Waals surface area contributed by atoms with Crippen molar-refractivity contribution in [2.75, 3.05) is 6.61 Å². The maximum absolute atomic E-state index is 12.7. The highest BCUT2D eigenvalue weighted by molar-refractivity contribution is 5.76. The van der Waals surface area contributed by atoms with E-state index in [1.807, 2.05) is 0 Å². The zero-order valence-electron chi connectivity index (χ0n) is 25.2. The topological polar surface area (TPSA) is 137 Å². The number of fused-ring (bicyclic) bond motifs is 7. The van der Waals surface area contributed by atoms with Gasteiger partial charge in [-0.15, -0.1) is 0 Å². The van der Waals surface area contributed by atoms with Crippen molar-refractivity contribution >= 4 is 5.97 Å². The van der Waals surface area contributed by atoms with E-state index in [1.165, 1.54) is 5.57 Å². The summed E-state index contributed by atoms with van der Waals surface area (Å²) in [6.07, 6.45) is 5.77. The molecule has 1 heterocycles. The van der Waals surface area contributed by atoms with Gasteiger partial charge in [-0.2, -0.15) is 0 Å². The fraction of sp³-hybridized carbons (Fsp3) is 0.909. The Morgan fingerprint density at radius 3 is 2.37 bits per heavy atom. The molecule has 8 nitrogen and oxygen atoms in total. The van der Waals surface area contributed by atoms with E-state index in [2.05, 4.69) is 33.8 Å². The highest BCUT2D eigenvalue weighted by Gasteiger charge is 2.60. The predicted octanol–water partition coefficient (Wildman–Crippen LogP) is 3.89. The second-order valence-corrected chi connectivity index (χ2v) is 15.9. The molecule has 5 aliphatic carbocycles. The predicted molar refractivity (Wildman–Crippen MR) is 151 cm³/mol. The number of carboxylic acid groups (broad SMARTS) is 1. The molecular formula is C33H52O8. The van der Waals surface area contributed by atoms with Gasteiger partial charge in [-0.25, -0.2) is 0 Å². The molecule has 8 heteroatoms. The van der Waals surface area contributed by atoms with Crippen LogP contribution in [-0.4, -0.2) is 74.9 Å². The van der Waals surface area contributed by atoms with Crippen LogP contribution >= 0.6 is 0 Å². The van der Waals surface area contributed by atoms with Gasteiger partial charge >= 0.3 is 5.97 Å². The van der Waals surface area contributed by atoms with Crippen LogP contribution in [0.15, 0.2) is 11.6 Å². The van der Waals surface area contributed by atoms with Gasteiger partial charge in [0.2, 0.25) is 0 Å². The van der Waals surface area contributed by atoms with Crippen LogP contribution in [0.2, 0.25) is 0 Å². The van der Waals surface area contributed by atoms with Gasteiger partial charge in [0.05, 0.1) is 18.1 Å². The summed E-state index contributed by atoms with van der Waals surface area (Å²) < 4.78 is 12.1. The standard InChI is InChI=1S/C33H52O8/c1-31(2)13-14-33(30(38)39)12-11-19-17-7-9-22-20(18(17)5-6-21(19)23(33)15-31)8-10-25(32(22,3)4)41-29-28(37)27(36)26(35)24(16-34)40-29/h6,17-20,22-29,34-37H,5,7-16H2,1-4H3,(H,38,39)/t17-,18+,19+,20-,22-,23+,24-,25+,26-,27+,28-,29+,33-/m1/s1. The van der Waals surface area contributed by atoms with Crippen molar-refractivity contribution in [3.8, 4) is 0 Å². The van der Waals surface area contributed by atoms with Gasteiger partial charge in [0.25, 0.3) is 0 Å². The molecule has 0 aromatic rings. The highest BCUT2D eigenvalue weighted by atomic mass is 16.7. The zero-order valence-corrected chi connectivity index (χ0v) is 25.2. The van der Waals surface area contributed by atoms with Crippen molar-refractivity contribution in [1.29, 1.82) is 0 Å². The molecule has 0 amide bonds. The number of aliphatic hydroxyl groups excluding tert-OH is 4. The molecule has 41 heavy (non-hydrogen) atoms. The van der Waals surface area contributed by atoms with E-state index in [-0.39, 0.29) is 22.9 Å². The summed E-state index contributed by atoms with van der Waals surface area (Å²) in [6.45, 7) is 8.68. The van der Waals surface area contributed by atoms with Crippen LogP contribution in [0, 0.1) is 51.8 Å². The molecule has 5 N–H and O–H groups in total. The summed E-state index contributed by atoms with van der Waals surface area (Å²) >= 11 is 0. The number of aliphatic hydroxyl groups is 4. The largest absolute Gasteiger partial charge is 0.481 e. The van der Waals surface area contributed by atoms with Crippen molar-refractivity contribution in [2.45, 2.75) is 129 Å². The molecule has 0 aromatic heterocycles. The molecule has 0 radical (unpaired) electrons. The van der Waals surface area contributed by atoms with Crippen LogP contribution in [0.3, 0.4) is 0 Å². The Bertz CT molecular complexity index is 1040. The van der Waals surface area contributed by atoms with Crippen molar-refractivity contribution in [2.24, 2.45) is 51.8 Å². The van der Waals surface area contributed by atoms with Gasteiger partial charge in [-0.3, -0.25) is 4.79 Å². The van der Waals surface area contributed by atoms with E-state index in [4.69, 9.17) is 9.47 Å². The van der Waals surface area contributed by atoms with Crippen LogP contribution < -0.4 is 0 Å². The van der Waals surface area contributed by atoms with Crippen LogP contribution in [0.1, 0.15) is 91.9 Å². The highest BCUT2D eigenvalue weighted by Crippen LogP contribution is 2.65. The van der Waals surface area contributed by atoms with E-state index >= 15 is 0 Å². The van der Waals surface area contributed by atoms with E-state index in [0.29, 0.717) is 29.6 Å². The molecule has 13 atom stereocenters. The van der Waals surface area contributed by atoms with Crippen molar-refractivity contribution in [1.82, 2.24) is 0 Å². The van der Waals surface area contributed by atoms with Gasteiger partial charge < -0.3 is 35.0 Å². The lowest BCUT2D eigenvalue weighted by molar-refractivity contribution is -0.325. The maximum Gasteiger partial charge on any atom is 0.310 e. The molecule has 0 aromatic carbocycles. The quantitative estimate of drug-likeness (QED) is 0.251. The Kier molecular flexibility index (Phi) is 7.72. The summed E-state index contributed by atoms with van der Waals surface area (Å²) in [5.41, 5.74) is 0.910. The molecule has 1 saturated heterocycles. The van der Waals surface area contributed by atoms with Gasteiger partial charge in [0.15, 0.2) is 6.29 Å². The lowest BCUT2D eigenvalue weighted by atomic mass is 9.44. The minimum Gasteiger partial charge on any atom is -0.481 e. The molecular weight excluding hydrogens is 524 g/mol. The minimum absolute atomic E-state index is 0.167. The second kappa shape index (κ2) is 10.6. The Labute approximate surface area is 244 Å². The molecule has 4 saturated carbocycles. The third-order valence-electron chi connectivity index (χ3n) is 13.1. The van der Waals surface area contributed by atoms with Crippen LogP contribution in [0.5, 0.6) is 0 Å². The lowest BCUT2D eigenvalue weighted by Crippen LogP contribution is -2.61. The summed E-state index contributed by atoms with van der Waals surface area (Å²) in [7, 11) is 0. The minimum atomic E-state index is -1.44. The zero-order chi connectivity index (χ0) is 29.5. The third-order valence-corrected chi connectivity index (χ3v) is 13.1. The number of carboxylic acids is 1. The normalized spacial score (nSPS) is 50.4. The summed E-state index contributed by atoms with van der Waals surface area (Å²) in [5.74, 6) is 2.34. The Morgan fingerprint density at radius 1 is 0.927 bits per heavy atom. The van der Waals surface area contributed by atoms with Gasteiger partial charge in [-0.05, 0) is 111 Å². The van der Waals surface area contributed by atoms with Gasteiger partial charge in [0.1, 0.15) is 24.4 Å². The Balaban J connectivity index is 1.20. The smallest absolute Gasteiger partial charge is 0.310 e. The number of allylic oxidation sites excluding steroid dienone is 2. The molecule has 5 fully saturated rings. The number of hydrogen-bond acceptors (Lipinski definition) is 7. The molecule has 6 aliphatic rings. The number of ether oxygens (including phenoxy) is 2. The van der Waals surface area contributed by atoms with E-state index in [0.717, 1.165) is 64.2 Å². The molecule has 0 unspecified atom stereocenters. The average molecular weight is 577 g/mol. The number of rotatable bonds is 4. The second-order valence-electron chi connectivity index (χ2n) is 15.9. The van der Waals surface area contributed by atoms with E-state index < -0.39 is 48.7 Å². The Hall–Kier alpha value is -1.03. The van der Waals surface area contributed by atoms with Crippen LogP contribution in [-0.2, 0) is 14.3 Å². The first-order valence-electron chi connectivity index (χ1n) is 16.2. The Morgan fingerprint density at radius 2 is 1.66 bits per heavy atom. The molecule has 0 bridgehead atoms. The van der Waals surface area contributed by atoms with Crippen molar-refractivity contribution < 1.29 is 39.8 Å². The summed E-state index contributed by atoms with van der Waals surface area (Å²) in [5, 5.41) is 51.1. The van der Waals surface area contributed by atoms with Crippen LogP contribution in [0.4, 0.5) is 0 Å². The SMILES string of the molecule is CC1(C)CC[C@]2(C(=O)O)CC[C@@H]3C(=CC[C@H]4[C@H]3CC[C@@H]3[C@@H]4CC[C@H](O[C@@H]4O[C@H](CO)[C@@H](O)[C@H](O)[C@H]4O)C3(C)C)[C@@H]2C1. The first kappa shape index (κ1) is 30.0.